The van der Waals surface area contributed by atoms with E-state index < -0.39 is 0 Å². The number of fused-ring (bicyclic) bond motifs is 3. The van der Waals surface area contributed by atoms with Gasteiger partial charge in [-0.15, -0.1) is 0 Å². The molecule has 2 atom stereocenters. The molecule has 0 fully saturated rings. The maximum absolute atomic E-state index is 6.35. The van der Waals surface area contributed by atoms with Crippen molar-refractivity contribution in [1.29, 1.82) is 0 Å². The topological polar surface area (TPSA) is 24.8 Å². The minimum Gasteiger partial charge on any atom is -0.464 e. The molecule has 0 spiro atoms. The normalized spacial score (nSPS) is 20.2. The van der Waals surface area contributed by atoms with Crippen molar-refractivity contribution < 1.29 is 4.74 Å². The number of aryl methyl sites for hydroxylation is 1. The van der Waals surface area contributed by atoms with Crippen LogP contribution in [0.3, 0.4) is 0 Å². The smallest absolute Gasteiger partial charge is 0.213 e. The molecule has 3 aromatic rings. The summed E-state index contributed by atoms with van der Waals surface area (Å²) in [5.74, 6) is 0.889. The van der Waals surface area contributed by atoms with E-state index in [4.69, 9.17) is 33.0 Å². The molecule has 5 rings (SSSR count). The van der Waals surface area contributed by atoms with Crippen LogP contribution in [0.2, 0.25) is 10.0 Å². The second-order valence-corrected chi connectivity index (χ2v) is 8.01. The Morgan fingerprint density at radius 3 is 2.54 bits per heavy atom. The van der Waals surface area contributed by atoms with Crippen molar-refractivity contribution in [2.45, 2.75) is 25.6 Å². The summed E-state index contributed by atoms with van der Waals surface area (Å²) in [5, 5.41) is 8.07. The molecule has 140 valence electrons. The molecule has 2 unspecified atom stereocenters. The maximum Gasteiger partial charge on any atom is 0.213 e. The lowest BCUT2D eigenvalue weighted by Crippen LogP contribution is -2.33. The average molecular weight is 409 g/mol. The van der Waals surface area contributed by atoms with Crippen LogP contribution in [-0.2, 0) is 0 Å². The fourth-order valence-corrected chi connectivity index (χ4v) is 4.15. The Morgan fingerprint density at radius 2 is 1.75 bits per heavy atom. The quantitative estimate of drug-likeness (QED) is 0.480. The lowest BCUT2D eigenvalue weighted by Gasteiger charge is -2.38. The monoisotopic (exact) mass is 408 g/mol. The van der Waals surface area contributed by atoms with Crippen molar-refractivity contribution in [2.75, 3.05) is 0 Å². The fourth-order valence-electron chi connectivity index (χ4n) is 3.84. The van der Waals surface area contributed by atoms with Gasteiger partial charge in [-0.2, -0.15) is 5.10 Å². The van der Waals surface area contributed by atoms with Gasteiger partial charge in [0.05, 0.1) is 21.8 Å². The number of para-hydroxylation sites is 1. The van der Waals surface area contributed by atoms with Crippen LogP contribution in [0.5, 0.6) is 5.75 Å². The van der Waals surface area contributed by atoms with E-state index in [0.29, 0.717) is 10.0 Å². The first-order valence-corrected chi connectivity index (χ1v) is 9.99. The van der Waals surface area contributed by atoms with Crippen molar-refractivity contribution in [3.05, 3.63) is 99.0 Å². The van der Waals surface area contributed by atoms with Gasteiger partial charge in [-0.25, -0.2) is 5.01 Å². The molecule has 2 aliphatic rings. The van der Waals surface area contributed by atoms with Crippen LogP contribution in [-0.4, -0.2) is 10.7 Å². The van der Waals surface area contributed by atoms with E-state index in [-0.39, 0.29) is 12.3 Å². The molecule has 2 aliphatic heterocycles. The second-order valence-electron chi connectivity index (χ2n) is 7.19. The Morgan fingerprint density at radius 1 is 0.964 bits per heavy atom. The highest BCUT2D eigenvalue weighted by Crippen LogP contribution is 2.47. The van der Waals surface area contributed by atoms with Crippen molar-refractivity contribution in [3.8, 4) is 5.75 Å². The van der Waals surface area contributed by atoms with Gasteiger partial charge in [0.2, 0.25) is 6.23 Å². The van der Waals surface area contributed by atoms with Gasteiger partial charge in [-0.3, -0.25) is 0 Å². The highest BCUT2D eigenvalue weighted by atomic mass is 35.5. The summed E-state index contributed by atoms with van der Waals surface area (Å²) in [5.41, 5.74) is 5.54. The van der Waals surface area contributed by atoms with E-state index in [1.165, 1.54) is 5.56 Å². The SMILES string of the molecule is Cc1ccc(C2=NN3C(C2)c2ccccc2OC3c2ccc(Cl)c(Cl)c2)cc1. The molecule has 0 saturated carbocycles. The molecule has 0 aliphatic carbocycles. The molecule has 3 nitrogen and oxygen atoms in total. The zero-order valence-corrected chi connectivity index (χ0v) is 16.8. The third kappa shape index (κ3) is 2.95. The van der Waals surface area contributed by atoms with Gasteiger partial charge in [0.25, 0.3) is 0 Å². The summed E-state index contributed by atoms with van der Waals surface area (Å²) in [6.45, 7) is 2.09. The van der Waals surface area contributed by atoms with Crippen LogP contribution in [0, 0.1) is 6.92 Å². The number of hydrazone groups is 1. The van der Waals surface area contributed by atoms with E-state index in [9.17, 15) is 0 Å². The molecule has 0 N–H and O–H groups in total. The molecule has 0 amide bonds. The minimum absolute atomic E-state index is 0.126. The van der Waals surface area contributed by atoms with Crippen molar-refractivity contribution in [2.24, 2.45) is 5.10 Å². The Labute approximate surface area is 174 Å². The largest absolute Gasteiger partial charge is 0.464 e. The molecule has 0 saturated heterocycles. The summed E-state index contributed by atoms with van der Waals surface area (Å²) in [6, 6.07) is 22.4. The van der Waals surface area contributed by atoms with E-state index in [2.05, 4.69) is 42.3 Å². The zero-order chi connectivity index (χ0) is 19.3. The lowest BCUT2D eigenvalue weighted by atomic mass is 9.95. The molecule has 2 heterocycles. The van der Waals surface area contributed by atoms with Crippen LogP contribution in [0.25, 0.3) is 0 Å². The molecular formula is C23H18Cl2N2O. The van der Waals surface area contributed by atoms with Crippen LogP contribution in [0.1, 0.15) is 40.9 Å². The van der Waals surface area contributed by atoms with Crippen LogP contribution < -0.4 is 4.74 Å². The van der Waals surface area contributed by atoms with Crippen molar-refractivity contribution in [3.63, 3.8) is 0 Å². The van der Waals surface area contributed by atoms with Gasteiger partial charge in [0.1, 0.15) is 5.75 Å². The number of rotatable bonds is 2. The summed E-state index contributed by atoms with van der Waals surface area (Å²) >= 11 is 12.4. The van der Waals surface area contributed by atoms with Crippen LogP contribution >= 0.6 is 23.2 Å². The molecule has 28 heavy (non-hydrogen) atoms. The van der Waals surface area contributed by atoms with Gasteiger partial charge >= 0.3 is 0 Å². The Bertz CT molecular complexity index is 1080. The molecule has 0 radical (unpaired) electrons. The fraction of sp³-hybridized carbons (Fsp3) is 0.174. The predicted octanol–water partition coefficient (Wildman–Crippen LogP) is 6.54. The highest BCUT2D eigenvalue weighted by molar-refractivity contribution is 6.42. The van der Waals surface area contributed by atoms with Gasteiger partial charge in [-0.1, -0.05) is 77.3 Å². The molecule has 0 bridgehead atoms. The van der Waals surface area contributed by atoms with Crippen molar-refractivity contribution in [1.82, 2.24) is 5.01 Å². The van der Waals surface area contributed by atoms with Gasteiger partial charge < -0.3 is 4.74 Å². The predicted molar refractivity (Wildman–Crippen MR) is 113 cm³/mol. The zero-order valence-electron chi connectivity index (χ0n) is 15.3. The molecule has 3 aromatic carbocycles. The standard InChI is InChI=1S/C23H18Cl2N2O/c1-14-6-8-15(9-7-14)20-13-21-17-4-2-3-5-22(17)28-23(27(21)26-20)16-10-11-18(24)19(25)12-16/h2-12,21,23H,13H2,1H3. The Kier molecular flexibility index (Phi) is 4.30. The van der Waals surface area contributed by atoms with E-state index >= 15 is 0 Å². The summed E-state index contributed by atoms with van der Waals surface area (Å²) in [7, 11) is 0. The third-order valence-electron chi connectivity index (χ3n) is 5.31. The first kappa shape index (κ1) is 17.6. The number of benzene rings is 3. The Balaban J connectivity index is 1.59. The Hall–Kier alpha value is -2.49. The number of ether oxygens (including phenoxy) is 1. The van der Waals surface area contributed by atoms with Crippen molar-refractivity contribution >= 4 is 28.9 Å². The van der Waals surface area contributed by atoms with Crippen LogP contribution in [0.4, 0.5) is 0 Å². The third-order valence-corrected chi connectivity index (χ3v) is 6.05. The molecule has 0 aromatic heterocycles. The number of hydrogen-bond acceptors (Lipinski definition) is 3. The first-order valence-electron chi connectivity index (χ1n) is 9.23. The lowest BCUT2D eigenvalue weighted by molar-refractivity contribution is -0.0190. The van der Waals surface area contributed by atoms with Gasteiger partial charge in [0, 0.05) is 17.5 Å². The highest BCUT2D eigenvalue weighted by Gasteiger charge is 2.40. The number of halogens is 2. The first-order chi connectivity index (χ1) is 13.6. The van der Waals surface area contributed by atoms with E-state index in [1.807, 2.05) is 30.3 Å². The van der Waals surface area contributed by atoms with Gasteiger partial charge in [-0.05, 0) is 30.7 Å². The number of nitrogens with zero attached hydrogens (tertiary/aromatic N) is 2. The summed E-state index contributed by atoms with van der Waals surface area (Å²) in [6.07, 6.45) is 0.485. The maximum atomic E-state index is 6.35. The van der Waals surface area contributed by atoms with Crippen LogP contribution in [0.15, 0.2) is 71.8 Å². The summed E-state index contributed by atoms with van der Waals surface area (Å²) in [4.78, 5) is 0. The van der Waals surface area contributed by atoms with E-state index in [0.717, 1.165) is 34.6 Å². The summed E-state index contributed by atoms with van der Waals surface area (Å²) < 4.78 is 6.35. The van der Waals surface area contributed by atoms with Gasteiger partial charge in [0.15, 0.2) is 0 Å². The average Bonchev–Trinajstić information content (AvgIpc) is 3.16. The number of hydrogen-bond donors (Lipinski definition) is 0. The minimum atomic E-state index is -0.349. The molecule has 5 heteroatoms. The molecular weight excluding hydrogens is 391 g/mol. The second kappa shape index (κ2) is 6.84. The van der Waals surface area contributed by atoms with E-state index in [1.54, 1.807) is 6.07 Å².